The Hall–Kier alpha value is -3.79. The first-order valence-electron chi connectivity index (χ1n) is 12.1. The molecule has 0 radical (unpaired) electrons. The van der Waals surface area contributed by atoms with Crippen molar-refractivity contribution in [1.29, 1.82) is 0 Å². The fraction of sp³-hybridized carbons (Fsp3) is 0.444. The number of aryl methyl sites for hydroxylation is 1. The third-order valence-corrected chi connectivity index (χ3v) is 6.74. The molecule has 10 heteroatoms. The zero-order chi connectivity index (χ0) is 26.7. The van der Waals surface area contributed by atoms with Crippen LogP contribution in [0.1, 0.15) is 40.9 Å². The number of ether oxygens (including phenoxy) is 5. The van der Waals surface area contributed by atoms with E-state index in [2.05, 4.69) is 5.32 Å². The van der Waals surface area contributed by atoms with Crippen molar-refractivity contribution in [2.24, 2.45) is 0 Å². The van der Waals surface area contributed by atoms with E-state index in [0.717, 1.165) is 5.56 Å². The highest BCUT2D eigenvalue weighted by molar-refractivity contribution is 5.98. The fourth-order valence-corrected chi connectivity index (χ4v) is 5.15. The Morgan fingerprint density at radius 1 is 1.00 bits per heavy atom. The van der Waals surface area contributed by atoms with E-state index in [-0.39, 0.29) is 22.6 Å². The van der Waals surface area contributed by atoms with E-state index < -0.39 is 12.0 Å². The zero-order valence-corrected chi connectivity index (χ0v) is 21.8. The van der Waals surface area contributed by atoms with Crippen LogP contribution in [0.2, 0.25) is 0 Å². The number of carbonyl (C=O) groups is 2. The second-order valence-electron chi connectivity index (χ2n) is 8.85. The molecule has 10 nitrogen and oxygen atoms in total. The second kappa shape index (κ2) is 11.1. The van der Waals surface area contributed by atoms with Crippen LogP contribution < -0.4 is 29.9 Å². The van der Waals surface area contributed by atoms with Crippen LogP contribution >= 0.6 is 0 Å². The maximum atomic E-state index is 13.8. The number of fused-ring (bicyclic) bond motifs is 3. The summed E-state index contributed by atoms with van der Waals surface area (Å²) in [5.74, 6) is 0.408. The van der Waals surface area contributed by atoms with Gasteiger partial charge in [0.15, 0.2) is 11.5 Å². The van der Waals surface area contributed by atoms with Crippen molar-refractivity contribution < 1.29 is 33.3 Å². The van der Waals surface area contributed by atoms with Crippen molar-refractivity contribution in [1.82, 2.24) is 5.32 Å². The Morgan fingerprint density at radius 3 is 2.30 bits per heavy atom. The van der Waals surface area contributed by atoms with E-state index in [1.807, 2.05) is 11.0 Å². The van der Waals surface area contributed by atoms with Gasteiger partial charge in [-0.3, -0.25) is 9.59 Å². The predicted molar refractivity (Wildman–Crippen MR) is 137 cm³/mol. The number of anilines is 1. The molecule has 1 aliphatic carbocycles. The van der Waals surface area contributed by atoms with Crippen LogP contribution in [-0.4, -0.2) is 66.6 Å². The molecule has 198 valence electrons. The van der Waals surface area contributed by atoms with E-state index in [0.29, 0.717) is 73.1 Å². The predicted octanol–water partition coefficient (Wildman–Crippen LogP) is 2.49. The van der Waals surface area contributed by atoms with Gasteiger partial charge in [0.2, 0.25) is 17.1 Å². The zero-order valence-electron chi connectivity index (χ0n) is 21.8. The van der Waals surface area contributed by atoms with Crippen molar-refractivity contribution in [3.8, 4) is 28.4 Å². The molecule has 2 aromatic carbocycles. The molecule has 37 heavy (non-hydrogen) atoms. The van der Waals surface area contributed by atoms with Crippen molar-refractivity contribution in [3.63, 3.8) is 0 Å². The topological polar surface area (TPSA) is 113 Å². The number of morpholine rings is 1. The maximum absolute atomic E-state index is 13.8. The van der Waals surface area contributed by atoms with Gasteiger partial charge in [-0.1, -0.05) is 0 Å². The molecule has 1 amide bonds. The molecule has 1 aliphatic heterocycles. The lowest BCUT2D eigenvalue weighted by Crippen LogP contribution is -2.39. The number of benzene rings is 1. The minimum atomic E-state index is -0.640. The van der Waals surface area contributed by atoms with E-state index in [9.17, 15) is 14.4 Å². The van der Waals surface area contributed by atoms with Crippen LogP contribution in [0.4, 0.5) is 5.69 Å². The Labute approximate surface area is 215 Å². The molecule has 1 atom stereocenters. The van der Waals surface area contributed by atoms with Gasteiger partial charge in [-0.05, 0) is 47.7 Å². The summed E-state index contributed by atoms with van der Waals surface area (Å²) in [5.41, 5.74) is 2.70. The monoisotopic (exact) mass is 512 g/mol. The fourth-order valence-electron chi connectivity index (χ4n) is 5.15. The number of esters is 1. The number of carbonyl (C=O) groups excluding carboxylic acids is 2. The van der Waals surface area contributed by atoms with Crippen LogP contribution in [0, 0.1) is 0 Å². The van der Waals surface area contributed by atoms with Gasteiger partial charge in [-0.2, -0.15) is 0 Å². The molecular weight excluding hydrogens is 480 g/mol. The molecular formula is C27H32N2O8. The minimum Gasteiger partial charge on any atom is -0.493 e. The Kier molecular flexibility index (Phi) is 7.87. The molecule has 0 bridgehead atoms. The molecule has 1 N–H and O–H groups in total. The molecule has 1 fully saturated rings. The van der Waals surface area contributed by atoms with E-state index >= 15 is 0 Å². The first kappa shape index (κ1) is 26.3. The Balaban J connectivity index is 2.14. The van der Waals surface area contributed by atoms with Crippen LogP contribution in [-0.2, 0) is 20.7 Å². The van der Waals surface area contributed by atoms with Crippen LogP contribution in [0.25, 0.3) is 11.1 Å². The molecule has 1 heterocycles. The summed E-state index contributed by atoms with van der Waals surface area (Å²) in [5, 5.41) is 2.98. The van der Waals surface area contributed by atoms with Crippen LogP contribution in [0.3, 0.4) is 0 Å². The van der Waals surface area contributed by atoms with Gasteiger partial charge in [0.1, 0.15) is 0 Å². The van der Waals surface area contributed by atoms with Gasteiger partial charge < -0.3 is 33.9 Å². The van der Waals surface area contributed by atoms with Crippen molar-refractivity contribution in [2.75, 3.05) is 59.6 Å². The van der Waals surface area contributed by atoms with Crippen molar-refractivity contribution in [2.45, 2.75) is 25.8 Å². The lowest BCUT2D eigenvalue weighted by atomic mass is 9.94. The Bertz CT molecular complexity index is 1270. The lowest BCUT2D eigenvalue weighted by molar-refractivity contribution is -0.119. The molecule has 4 rings (SSSR count). The number of hydrogen-bond donors (Lipinski definition) is 1. The summed E-state index contributed by atoms with van der Waals surface area (Å²) in [7, 11) is 5.86. The lowest BCUT2D eigenvalue weighted by Gasteiger charge is -2.28. The van der Waals surface area contributed by atoms with E-state index in [1.54, 1.807) is 13.2 Å². The van der Waals surface area contributed by atoms with Gasteiger partial charge in [-0.15, -0.1) is 0 Å². The third-order valence-electron chi connectivity index (χ3n) is 6.74. The molecule has 0 spiro atoms. The van der Waals surface area contributed by atoms with Gasteiger partial charge in [0.25, 0.3) is 0 Å². The third kappa shape index (κ3) is 4.93. The first-order valence-corrected chi connectivity index (χ1v) is 12.1. The molecule has 2 aromatic rings. The summed E-state index contributed by atoms with van der Waals surface area (Å²) >= 11 is 0. The Morgan fingerprint density at radius 2 is 1.70 bits per heavy atom. The SMILES string of the molecule is COC(=O)c1cc2c(cc(=O)c1N1CCOCC1)[C@@H](NC(C)=O)CCc1cc(OC)c(OC)c(OC)c1-2. The number of amides is 1. The standard InChI is InChI=1S/C27H32N2O8/c1-15(30)28-20-7-6-16-12-22(33-2)25(34-3)26(35-4)23(16)18-13-19(27(32)36-5)24(21(31)14-17(18)20)29-8-10-37-11-9-29/h12-14,20H,6-11H2,1-5H3,(H,28,30)/t20-/m0/s1. The van der Waals surface area contributed by atoms with E-state index in [1.165, 1.54) is 34.3 Å². The minimum absolute atomic E-state index is 0.127. The number of rotatable bonds is 6. The summed E-state index contributed by atoms with van der Waals surface area (Å²) in [4.78, 5) is 40.9. The molecule has 1 saturated heterocycles. The molecule has 0 saturated carbocycles. The maximum Gasteiger partial charge on any atom is 0.340 e. The summed E-state index contributed by atoms with van der Waals surface area (Å²) in [6, 6.07) is 4.56. The largest absolute Gasteiger partial charge is 0.493 e. The number of nitrogens with zero attached hydrogens (tertiary/aromatic N) is 1. The summed E-state index contributed by atoms with van der Waals surface area (Å²) in [6.07, 6.45) is 1.07. The van der Waals surface area contributed by atoms with E-state index in [4.69, 9.17) is 23.7 Å². The van der Waals surface area contributed by atoms with Crippen LogP contribution in [0.5, 0.6) is 17.2 Å². The average molecular weight is 513 g/mol. The van der Waals surface area contributed by atoms with Crippen molar-refractivity contribution in [3.05, 3.63) is 45.1 Å². The van der Waals surface area contributed by atoms with Gasteiger partial charge in [0, 0.05) is 25.6 Å². The molecule has 2 aliphatic rings. The van der Waals surface area contributed by atoms with Gasteiger partial charge >= 0.3 is 5.97 Å². The highest BCUT2D eigenvalue weighted by Gasteiger charge is 2.32. The first-order chi connectivity index (χ1) is 17.8. The smallest absolute Gasteiger partial charge is 0.340 e. The second-order valence-corrected chi connectivity index (χ2v) is 8.85. The molecule has 0 unspecified atom stereocenters. The number of hydrogen-bond acceptors (Lipinski definition) is 9. The van der Waals surface area contributed by atoms with Crippen molar-refractivity contribution >= 4 is 17.6 Å². The number of nitrogens with one attached hydrogen (secondary N) is 1. The quantitative estimate of drug-likeness (QED) is 0.583. The average Bonchev–Trinajstić information content (AvgIpc) is 3.13. The van der Waals surface area contributed by atoms with Gasteiger partial charge in [-0.25, -0.2) is 4.79 Å². The normalized spacial score (nSPS) is 16.6. The number of methoxy groups -OCH3 is 4. The van der Waals surface area contributed by atoms with Gasteiger partial charge in [0.05, 0.1) is 58.9 Å². The summed E-state index contributed by atoms with van der Waals surface area (Å²) < 4.78 is 27.6. The van der Waals surface area contributed by atoms with Crippen LogP contribution in [0.15, 0.2) is 23.0 Å². The highest BCUT2D eigenvalue weighted by Crippen LogP contribution is 2.50. The molecule has 0 aromatic heterocycles. The summed E-state index contributed by atoms with van der Waals surface area (Å²) in [6.45, 7) is 3.20. The highest BCUT2D eigenvalue weighted by atomic mass is 16.5.